The van der Waals surface area contributed by atoms with Crippen molar-refractivity contribution in [2.45, 2.75) is 39.2 Å². The Balaban J connectivity index is 3.13. The molecular weight excluding hydrogens is 326 g/mol. The number of nitrogens with one attached hydrogen (secondary N) is 1. The molecule has 6 nitrogen and oxygen atoms in total. The van der Waals surface area contributed by atoms with Crippen LogP contribution in [0, 0.1) is 17.0 Å². The van der Waals surface area contributed by atoms with Crippen molar-refractivity contribution >= 4 is 33.2 Å². The van der Waals surface area contributed by atoms with Gasteiger partial charge in [-0.3, -0.25) is 14.9 Å². The van der Waals surface area contributed by atoms with E-state index in [0.717, 1.165) is 0 Å². The first-order chi connectivity index (χ1) is 9.25. The van der Waals surface area contributed by atoms with E-state index in [1.165, 1.54) is 6.07 Å². The molecule has 0 saturated heterocycles. The van der Waals surface area contributed by atoms with E-state index in [0.29, 0.717) is 28.6 Å². The van der Waals surface area contributed by atoms with Gasteiger partial charge in [-0.15, -0.1) is 0 Å². The molecule has 1 aromatic rings. The summed E-state index contributed by atoms with van der Waals surface area (Å²) in [5, 5.41) is 13.6. The number of halogens is 1. The van der Waals surface area contributed by atoms with Gasteiger partial charge in [-0.2, -0.15) is 0 Å². The zero-order valence-corrected chi connectivity index (χ0v) is 13.3. The fourth-order valence-electron chi connectivity index (χ4n) is 1.77. The highest BCUT2D eigenvalue weighted by Crippen LogP contribution is 2.31. The summed E-state index contributed by atoms with van der Waals surface area (Å²) in [4.78, 5) is 22.6. The first-order valence-corrected chi connectivity index (χ1v) is 7.09. The molecule has 1 amide bonds. The molecule has 0 heterocycles. The lowest BCUT2D eigenvalue weighted by molar-refractivity contribution is -0.385. The smallest absolute Gasteiger partial charge is 0.274 e. The Morgan fingerprint density at radius 2 is 2.00 bits per heavy atom. The highest BCUT2D eigenvalue weighted by molar-refractivity contribution is 9.10. The molecule has 0 fully saturated rings. The highest BCUT2D eigenvalue weighted by atomic mass is 79.9. The second-order valence-electron chi connectivity index (χ2n) is 4.69. The Hall–Kier alpha value is -1.47. The zero-order valence-electron chi connectivity index (χ0n) is 11.7. The minimum absolute atomic E-state index is 0.0425. The van der Waals surface area contributed by atoms with E-state index in [1.807, 2.05) is 13.8 Å². The lowest BCUT2D eigenvalue weighted by Gasteiger charge is -2.25. The quantitative estimate of drug-likeness (QED) is 0.633. The first-order valence-electron chi connectivity index (χ1n) is 6.30. The fraction of sp³-hybridized carbons (Fsp3) is 0.462. The Morgan fingerprint density at radius 3 is 2.45 bits per heavy atom. The van der Waals surface area contributed by atoms with Gasteiger partial charge >= 0.3 is 0 Å². The summed E-state index contributed by atoms with van der Waals surface area (Å²) in [6, 6.07) is 2.94. The molecule has 0 aliphatic rings. The van der Waals surface area contributed by atoms with Gasteiger partial charge in [-0.1, -0.05) is 13.8 Å². The van der Waals surface area contributed by atoms with Crippen LogP contribution in [0.2, 0.25) is 0 Å². The summed E-state index contributed by atoms with van der Waals surface area (Å²) in [6.45, 7) is 5.30. The molecule has 1 aromatic carbocycles. The van der Waals surface area contributed by atoms with Crippen LogP contribution in [0.4, 0.5) is 11.4 Å². The Labute approximate surface area is 126 Å². The molecular formula is C13H18BrN3O3. The van der Waals surface area contributed by atoms with E-state index in [1.54, 1.807) is 13.0 Å². The molecule has 0 unspecified atom stereocenters. The maximum atomic E-state index is 12.2. The van der Waals surface area contributed by atoms with Crippen LogP contribution in [-0.4, -0.2) is 16.4 Å². The van der Waals surface area contributed by atoms with Crippen molar-refractivity contribution in [2.24, 2.45) is 5.73 Å². The number of nitrogens with two attached hydrogens (primary N) is 1. The van der Waals surface area contributed by atoms with Gasteiger partial charge in [0.1, 0.15) is 0 Å². The van der Waals surface area contributed by atoms with Crippen molar-refractivity contribution in [1.82, 2.24) is 0 Å². The number of nitro groups is 1. The van der Waals surface area contributed by atoms with Gasteiger partial charge in [0.2, 0.25) is 5.91 Å². The molecule has 0 spiro atoms. The molecule has 3 N–H and O–H groups in total. The molecule has 0 atom stereocenters. The van der Waals surface area contributed by atoms with Crippen LogP contribution in [0.5, 0.6) is 0 Å². The number of carbonyl (C=O) groups is 1. The summed E-state index contributed by atoms with van der Waals surface area (Å²) < 4.78 is 0.587. The average molecular weight is 344 g/mol. The SMILES string of the molecule is CCC(N)(CC)C(=O)Nc1cc([N+](=O)[O-])c(C)cc1Br. The van der Waals surface area contributed by atoms with Crippen LogP contribution >= 0.6 is 15.9 Å². The van der Waals surface area contributed by atoms with Crippen molar-refractivity contribution in [3.63, 3.8) is 0 Å². The fourth-order valence-corrected chi connectivity index (χ4v) is 2.33. The zero-order chi connectivity index (χ0) is 15.5. The number of amides is 1. The molecule has 110 valence electrons. The van der Waals surface area contributed by atoms with Crippen LogP contribution in [0.25, 0.3) is 0 Å². The summed E-state index contributed by atoms with van der Waals surface area (Å²) in [5.41, 5.74) is 5.86. The Kier molecular flexibility index (Phi) is 5.24. The Bertz CT molecular complexity index is 542. The standard InChI is InChI=1S/C13H18BrN3O3/c1-4-13(15,5-2)12(18)16-10-7-11(17(19)20)8(3)6-9(10)14/h6-7H,4-5,15H2,1-3H3,(H,16,18). The summed E-state index contributed by atoms with van der Waals surface area (Å²) in [5.74, 6) is -0.346. The van der Waals surface area contributed by atoms with E-state index < -0.39 is 10.5 Å². The minimum atomic E-state index is -0.973. The van der Waals surface area contributed by atoms with Gasteiger partial charge in [0.05, 0.1) is 16.1 Å². The number of nitro benzene ring substituents is 1. The number of hydrogen-bond donors (Lipinski definition) is 2. The third kappa shape index (κ3) is 3.34. The maximum absolute atomic E-state index is 12.2. The van der Waals surface area contributed by atoms with Crippen molar-refractivity contribution in [1.29, 1.82) is 0 Å². The number of nitrogens with zero attached hydrogens (tertiary/aromatic N) is 1. The number of aryl methyl sites for hydroxylation is 1. The van der Waals surface area contributed by atoms with Crippen molar-refractivity contribution in [2.75, 3.05) is 5.32 Å². The van der Waals surface area contributed by atoms with E-state index >= 15 is 0 Å². The molecule has 1 rings (SSSR count). The number of benzene rings is 1. The van der Waals surface area contributed by atoms with Gasteiger partial charge in [-0.25, -0.2) is 0 Å². The third-order valence-corrected chi connectivity index (χ3v) is 4.10. The van der Waals surface area contributed by atoms with Gasteiger partial charge in [0.15, 0.2) is 0 Å². The Morgan fingerprint density at radius 1 is 1.45 bits per heavy atom. The van der Waals surface area contributed by atoms with Crippen molar-refractivity contribution in [3.05, 3.63) is 32.3 Å². The number of anilines is 1. The normalized spacial score (nSPS) is 11.2. The van der Waals surface area contributed by atoms with E-state index in [2.05, 4.69) is 21.2 Å². The van der Waals surface area contributed by atoms with Crippen LogP contribution in [0.3, 0.4) is 0 Å². The lowest BCUT2D eigenvalue weighted by atomic mass is 9.93. The van der Waals surface area contributed by atoms with Crippen LogP contribution < -0.4 is 11.1 Å². The van der Waals surface area contributed by atoms with Gasteiger partial charge in [-0.05, 0) is 41.8 Å². The average Bonchev–Trinajstić information content (AvgIpc) is 2.40. The van der Waals surface area contributed by atoms with Gasteiger partial charge < -0.3 is 11.1 Å². The van der Waals surface area contributed by atoms with Crippen molar-refractivity contribution in [3.8, 4) is 0 Å². The largest absolute Gasteiger partial charge is 0.323 e. The monoisotopic (exact) mass is 343 g/mol. The van der Waals surface area contributed by atoms with Crippen LogP contribution in [0.1, 0.15) is 32.3 Å². The summed E-state index contributed by atoms with van der Waals surface area (Å²) in [6.07, 6.45) is 0.974. The number of carbonyl (C=O) groups excluding carboxylic acids is 1. The molecule has 0 aromatic heterocycles. The molecule has 0 radical (unpaired) electrons. The summed E-state index contributed by atoms with van der Waals surface area (Å²) >= 11 is 3.29. The lowest BCUT2D eigenvalue weighted by Crippen LogP contribution is -2.50. The first kappa shape index (κ1) is 16.6. The second-order valence-corrected chi connectivity index (χ2v) is 5.55. The topological polar surface area (TPSA) is 98.3 Å². The van der Waals surface area contributed by atoms with Crippen LogP contribution in [0.15, 0.2) is 16.6 Å². The van der Waals surface area contributed by atoms with Gasteiger partial charge in [0.25, 0.3) is 5.69 Å². The van der Waals surface area contributed by atoms with E-state index in [4.69, 9.17) is 5.73 Å². The number of rotatable bonds is 5. The molecule has 0 aliphatic carbocycles. The third-order valence-electron chi connectivity index (χ3n) is 3.44. The molecule has 0 aliphatic heterocycles. The number of hydrogen-bond acceptors (Lipinski definition) is 4. The minimum Gasteiger partial charge on any atom is -0.323 e. The molecule has 7 heteroatoms. The predicted molar refractivity (Wildman–Crippen MR) is 81.7 cm³/mol. The highest BCUT2D eigenvalue weighted by Gasteiger charge is 2.30. The maximum Gasteiger partial charge on any atom is 0.274 e. The van der Waals surface area contributed by atoms with E-state index in [9.17, 15) is 14.9 Å². The molecule has 20 heavy (non-hydrogen) atoms. The second kappa shape index (κ2) is 6.32. The van der Waals surface area contributed by atoms with E-state index in [-0.39, 0.29) is 11.6 Å². The predicted octanol–water partition coefficient (Wildman–Crippen LogP) is 3.12. The van der Waals surface area contributed by atoms with Crippen molar-refractivity contribution < 1.29 is 9.72 Å². The van der Waals surface area contributed by atoms with Crippen LogP contribution in [-0.2, 0) is 4.79 Å². The molecule has 0 bridgehead atoms. The summed E-state index contributed by atoms with van der Waals surface area (Å²) in [7, 11) is 0. The van der Waals surface area contributed by atoms with Gasteiger partial charge in [0, 0.05) is 16.1 Å². The molecule has 0 saturated carbocycles.